The van der Waals surface area contributed by atoms with E-state index in [1.807, 2.05) is 0 Å². The second-order valence-corrected chi connectivity index (χ2v) is 5.63. The molecule has 0 aromatic rings. The minimum Gasteiger partial charge on any atom is -0.396 e. The van der Waals surface area contributed by atoms with E-state index in [1.54, 1.807) is 0 Å². The fourth-order valence-electron chi connectivity index (χ4n) is 2.71. The second kappa shape index (κ2) is 8.06. The van der Waals surface area contributed by atoms with Crippen molar-refractivity contribution < 1.29 is 10.2 Å². The first-order valence-corrected chi connectivity index (χ1v) is 7.18. The van der Waals surface area contributed by atoms with Crippen LogP contribution in [0.5, 0.6) is 0 Å². The van der Waals surface area contributed by atoms with Gasteiger partial charge in [0.1, 0.15) is 0 Å². The fraction of sp³-hybridized carbons (Fsp3) is 1.00. The Bertz CT molecular complexity index is 197. The van der Waals surface area contributed by atoms with Crippen LogP contribution in [0.3, 0.4) is 0 Å². The van der Waals surface area contributed by atoms with Crippen LogP contribution in [0.4, 0.5) is 0 Å². The van der Waals surface area contributed by atoms with Gasteiger partial charge in [-0.15, -0.1) is 0 Å². The van der Waals surface area contributed by atoms with Gasteiger partial charge in [0.25, 0.3) is 0 Å². The quantitative estimate of drug-likeness (QED) is 0.702. The monoisotopic (exact) mass is 243 g/mol. The molecule has 0 saturated heterocycles. The molecule has 0 amide bonds. The van der Waals surface area contributed by atoms with Crippen LogP contribution in [0.25, 0.3) is 0 Å². The number of aliphatic hydroxyl groups is 2. The first-order valence-electron chi connectivity index (χ1n) is 7.18. The van der Waals surface area contributed by atoms with Crippen molar-refractivity contribution in [1.82, 2.24) is 4.90 Å². The molecule has 0 radical (unpaired) electrons. The van der Waals surface area contributed by atoms with Gasteiger partial charge in [-0.2, -0.15) is 0 Å². The van der Waals surface area contributed by atoms with Gasteiger partial charge in [-0.3, -0.25) is 0 Å². The van der Waals surface area contributed by atoms with Gasteiger partial charge in [0.05, 0.1) is 6.10 Å². The third-order valence-corrected chi connectivity index (χ3v) is 3.92. The summed E-state index contributed by atoms with van der Waals surface area (Å²) >= 11 is 0. The zero-order chi connectivity index (χ0) is 12.7. The van der Waals surface area contributed by atoms with Crippen molar-refractivity contribution >= 4 is 0 Å². The highest BCUT2D eigenvalue weighted by molar-refractivity contribution is 4.77. The molecular weight excluding hydrogens is 214 g/mol. The van der Waals surface area contributed by atoms with Gasteiger partial charge in [-0.05, 0) is 39.0 Å². The summed E-state index contributed by atoms with van der Waals surface area (Å²) < 4.78 is 0. The van der Waals surface area contributed by atoms with Crippen LogP contribution >= 0.6 is 0 Å². The minimum absolute atomic E-state index is 0.118. The van der Waals surface area contributed by atoms with Crippen LogP contribution in [0.2, 0.25) is 0 Å². The van der Waals surface area contributed by atoms with Gasteiger partial charge in [0.2, 0.25) is 0 Å². The number of hydrogen-bond acceptors (Lipinski definition) is 3. The summed E-state index contributed by atoms with van der Waals surface area (Å²) in [4.78, 5) is 2.40. The number of hydrogen-bond donors (Lipinski definition) is 2. The molecule has 2 N–H and O–H groups in total. The molecule has 17 heavy (non-hydrogen) atoms. The Balaban J connectivity index is 2.45. The molecule has 0 aliphatic heterocycles. The van der Waals surface area contributed by atoms with Crippen LogP contribution in [0.1, 0.15) is 52.4 Å². The maximum absolute atomic E-state index is 10.1. The summed E-state index contributed by atoms with van der Waals surface area (Å²) in [7, 11) is 0. The van der Waals surface area contributed by atoms with E-state index >= 15 is 0 Å². The molecular formula is C14H29NO2. The van der Waals surface area contributed by atoms with E-state index < -0.39 is 0 Å². The van der Waals surface area contributed by atoms with Gasteiger partial charge in [0.15, 0.2) is 0 Å². The van der Waals surface area contributed by atoms with Gasteiger partial charge in [-0.25, -0.2) is 0 Å². The molecule has 0 aromatic carbocycles. The lowest BCUT2D eigenvalue weighted by molar-refractivity contribution is 0.0625. The lowest BCUT2D eigenvalue weighted by Crippen LogP contribution is -2.39. The summed E-state index contributed by atoms with van der Waals surface area (Å²) in [5.41, 5.74) is 0. The Kier molecular flexibility index (Phi) is 7.09. The van der Waals surface area contributed by atoms with Crippen molar-refractivity contribution in [1.29, 1.82) is 0 Å². The maximum atomic E-state index is 10.1. The van der Waals surface area contributed by atoms with Crippen LogP contribution in [0, 0.1) is 5.92 Å². The van der Waals surface area contributed by atoms with Gasteiger partial charge < -0.3 is 15.1 Å². The highest BCUT2D eigenvalue weighted by atomic mass is 16.3. The average Bonchev–Trinajstić information content (AvgIpc) is 2.49. The Labute approximate surface area is 106 Å². The average molecular weight is 243 g/mol. The highest BCUT2D eigenvalue weighted by Crippen LogP contribution is 2.24. The van der Waals surface area contributed by atoms with E-state index in [0.717, 1.165) is 32.4 Å². The largest absolute Gasteiger partial charge is 0.396 e. The molecule has 1 rings (SSSR count). The summed E-state index contributed by atoms with van der Waals surface area (Å²) in [5, 5.41) is 19.1. The standard InChI is InChI=1S/C14H29NO2/c1-12(2)15(9-6-10-16)11-13-7-4-3-5-8-14(13)17/h12-14,16-17H,3-11H2,1-2H3. The number of nitrogens with zero attached hydrogens (tertiary/aromatic N) is 1. The van der Waals surface area contributed by atoms with Gasteiger partial charge in [0, 0.05) is 25.7 Å². The van der Waals surface area contributed by atoms with E-state index in [0.29, 0.717) is 12.0 Å². The molecule has 0 aromatic heterocycles. The lowest BCUT2D eigenvalue weighted by Gasteiger charge is -2.32. The maximum Gasteiger partial charge on any atom is 0.0580 e. The van der Waals surface area contributed by atoms with E-state index in [9.17, 15) is 5.11 Å². The minimum atomic E-state index is -0.118. The highest BCUT2D eigenvalue weighted by Gasteiger charge is 2.24. The summed E-state index contributed by atoms with van der Waals surface area (Å²) in [5.74, 6) is 0.429. The molecule has 0 spiro atoms. The van der Waals surface area contributed by atoms with Crippen LogP contribution in [0.15, 0.2) is 0 Å². The van der Waals surface area contributed by atoms with Crippen molar-refractivity contribution in [2.45, 2.75) is 64.5 Å². The molecule has 1 saturated carbocycles. The molecule has 1 fully saturated rings. The van der Waals surface area contributed by atoms with E-state index in [1.165, 1.54) is 19.3 Å². The number of rotatable bonds is 6. The first kappa shape index (κ1) is 14.9. The topological polar surface area (TPSA) is 43.7 Å². The van der Waals surface area contributed by atoms with Gasteiger partial charge >= 0.3 is 0 Å². The third kappa shape index (κ3) is 5.36. The van der Waals surface area contributed by atoms with Crippen molar-refractivity contribution in [3.05, 3.63) is 0 Å². The molecule has 102 valence electrons. The SMILES string of the molecule is CC(C)N(CCCO)CC1CCCCCC1O. The van der Waals surface area contributed by atoms with E-state index in [2.05, 4.69) is 18.7 Å². The first-order chi connectivity index (χ1) is 8.15. The predicted molar refractivity (Wildman–Crippen MR) is 71.0 cm³/mol. The fourth-order valence-corrected chi connectivity index (χ4v) is 2.71. The van der Waals surface area contributed by atoms with Crippen molar-refractivity contribution in [2.24, 2.45) is 5.92 Å². The summed E-state index contributed by atoms with van der Waals surface area (Å²) in [6, 6.07) is 0.497. The lowest BCUT2D eigenvalue weighted by atomic mass is 9.96. The smallest absolute Gasteiger partial charge is 0.0580 e. The zero-order valence-electron chi connectivity index (χ0n) is 11.4. The van der Waals surface area contributed by atoms with Gasteiger partial charge in [-0.1, -0.05) is 19.3 Å². The Morgan fingerprint density at radius 3 is 2.53 bits per heavy atom. The van der Waals surface area contributed by atoms with Crippen molar-refractivity contribution in [2.75, 3.05) is 19.7 Å². The van der Waals surface area contributed by atoms with Crippen molar-refractivity contribution in [3.8, 4) is 0 Å². The molecule has 2 unspecified atom stereocenters. The normalized spacial score (nSPS) is 26.5. The Morgan fingerprint density at radius 2 is 1.88 bits per heavy atom. The molecule has 1 aliphatic carbocycles. The Morgan fingerprint density at radius 1 is 1.18 bits per heavy atom. The second-order valence-electron chi connectivity index (χ2n) is 5.63. The van der Waals surface area contributed by atoms with Crippen LogP contribution < -0.4 is 0 Å². The van der Waals surface area contributed by atoms with E-state index in [4.69, 9.17) is 5.11 Å². The number of aliphatic hydroxyl groups excluding tert-OH is 2. The van der Waals surface area contributed by atoms with E-state index in [-0.39, 0.29) is 12.7 Å². The molecule has 0 bridgehead atoms. The predicted octanol–water partition coefficient (Wildman–Crippen LogP) is 2.02. The molecule has 2 atom stereocenters. The molecule has 3 heteroatoms. The summed E-state index contributed by atoms with van der Waals surface area (Å²) in [6.45, 7) is 6.58. The van der Waals surface area contributed by atoms with Crippen LogP contribution in [-0.2, 0) is 0 Å². The molecule has 1 aliphatic rings. The van der Waals surface area contributed by atoms with Crippen LogP contribution in [-0.4, -0.2) is 47.0 Å². The summed E-state index contributed by atoms with van der Waals surface area (Å²) in [6.07, 6.45) is 6.55. The van der Waals surface area contributed by atoms with Crippen molar-refractivity contribution in [3.63, 3.8) is 0 Å². The zero-order valence-corrected chi connectivity index (χ0v) is 11.4. The molecule has 3 nitrogen and oxygen atoms in total. The third-order valence-electron chi connectivity index (χ3n) is 3.92. The Hall–Kier alpha value is -0.120. The molecule has 0 heterocycles.